The van der Waals surface area contributed by atoms with Crippen LogP contribution in [-0.2, 0) is 17.8 Å². The van der Waals surface area contributed by atoms with Crippen LogP contribution in [0.2, 0.25) is 0 Å². The second-order valence-corrected chi connectivity index (χ2v) is 6.57. The van der Waals surface area contributed by atoms with Crippen molar-refractivity contribution in [2.24, 2.45) is 0 Å². The lowest BCUT2D eigenvalue weighted by atomic mass is 10.0. The van der Waals surface area contributed by atoms with Gasteiger partial charge in [0, 0.05) is 31.7 Å². The van der Waals surface area contributed by atoms with Gasteiger partial charge in [0.25, 0.3) is 5.91 Å². The van der Waals surface area contributed by atoms with E-state index in [0.29, 0.717) is 43.9 Å². The summed E-state index contributed by atoms with van der Waals surface area (Å²) in [5.41, 5.74) is 2.96. The zero-order valence-corrected chi connectivity index (χ0v) is 13.9. The van der Waals surface area contributed by atoms with Crippen molar-refractivity contribution >= 4 is 5.91 Å². The molecule has 2 aliphatic rings. The first-order valence-electron chi connectivity index (χ1n) is 8.39. The molecule has 0 aliphatic carbocycles. The quantitative estimate of drug-likeness (QED) is 0.854. The fraction of sp³-hybridized carbons (Fsp3) is 0.316. The fourth-order valence-electron chi connectivity index (χ4n) is 3.46. The minimum Gasteiger partial charge on any atom is -0.371 e. The Morgan fingerprint density at radius 1 is 1.15 bits per heavy atom. The average Bonchev–Trinajstić information content (AvgIpc) is 3.00. The van der Waals surface area contributed by atoms with Gasteiger partial charge in [-0.15, -0.1) is 0 Å². The lowest BCUT2D eigenvalue weighted by Crippen LogP contribution is -2.37. The van der Waals surface area contributed by atoms with Gasteiger partial charge in [0.05, 0.1) is 12.7 Å². The molecule has 0 spiro atoms. The van der Waals surface area contributed by atoms with Crippen LogP contribution in [0.25, 0.3) is 0 Å². The normalized spacial score (nSPS) is 20.1. The lowest BCUT2D eigenvalue weighted by molar-refractivity contribution is -0.0330. The van der Waals surface area contributed by atoms with Crippen LogP contribution in [0.1, 0.15) is 33.2 Å². The molecule has 4 rings (SSSR count). The Morgan fingerprint density at radius 3 is 2.69 bits per heavy atom. The molecule has 1 saturated heterocycles. The molecule has 1 unspecified atom stereocenters. The Kier molecular flexibility index (Phi) is 4.42. The lowest BCUT2D eigenvalue weighted by Gasteiger charge is -2.33. The van der Waals surface area contributed by atoms with Gasteiger partial charge in [-0.25, -0.2) is 13.2 Å². The highest BCUT2D eigenvalue weighted by Crippen LogP contribution is 2.27. The van der Waals surface area contributed by atoms with E-state index in [4.69, 9.17) is 4.74 Å². The second kappa shape index (κ2) is 6.74. The molecule has 26 heavy (non-hydrogen) atoms. The minimum atomic E-state index is -1.45. The number of fused-ring (bicyclic) bond motifs is 1. The number of morpholine rings is 1. The Labute approximate surface area is 148 Å². The number of rotatable bonds is 3. The number of halogens is 3. The molecule has 2 aromatic carbocycles. The van der Waals surface area contributed by atoms with Gasteiger partial charge in [0.2, 0.25) is 0 Å². The van der Waals surface area contributed by atoms with Crippen LogP contribution in [0.5, 0.6) is 0 Å². The number of hydrogen-bond donors (Lipinski definition) is 1. The van der Waals surface area contributed by atoms with Gasteiger partial charge in [-0.05, 0) is 34.9 Å². The van der Waals surface area contributed by atoms with Crippen molar-refractivity contribution in [1.29, 1.82) is 0 Å². The van der Waals surface area contributed by atoms with Gasteiger partial charge in [0.15, 0.2) is 17.5 Å². The Morgan fingerprint density at radius 2 is 1.92 bits per heavy atom. The summed E-state index contributed by atoms with van der Waals surface area (Å²) in [6.07, 6.45) is -0.195. The SMILES string of the molecule is O=C1NCc2cc(C3CN(Cc4cc(F)c(F)c(F)c4)CCO3)ccc21. The van der Waals surface area contributed by atoms with Crippen molar-refractivity contribution in [3.63, 3.8) is 0 Å². The van der Waals surface area contributed by atoms with Crippen LogP contribution in [-0.4, -0.2) is 30.5 Å². The summed E-state index contributed by atoms with van der Waals surface area (Å²) in [6, 6.07) is 7.67. The predicted molar refractivity (Wildman–Crippen MR) is 87.9 cm³/mol. The summed E-state index contributed by atoms with van der Waals surface area (Å²) in [4.78, 5) is 13.7. The average molecular weight is 362 g/mol. The van der Waals surface area contributed by atoms with Crippen LogP contribution in [0, 0.1) is 17.5 Å². The summed E-state index contributed by atoms with van der Waals surface area (Å²) in [7, 11) is 0. The molecule has 0 radical (unpaired) electrons. The molecule has 2 aliphatic heterocycles. The first-order valence-corrected chi connectivity index (χ1v) is 8.39. The monoisotopic (exact) mass is 362 g/mol. The Balaban J connectivity index is 1.49. The molecule has 1 amide bonds. The molecule has 0 bridgehead atoms. The molecular formula is C19H17F3N2O2. The maximum Gasteiger partial charge on any atom is 0.251 e. The predicted octanol–water partition coefficient (Wildman–Crippen LogP) is 2.92. The van der Waals surface area contributed by atoms with Crippen molar-refractivity contribution in [1.82, 2.24) is 10.2 Å². The van der Waals surface area contributed by atoms with Gasteiger partial charge in [-0.2, -0.15) is 0 Å². The number of ether oxygens (including phenoxy) is 1. The van der Waals surface area contributed by atoms with Crippen LogP contribution in [0.15, 0.2) is 30.3 Å². The summed E-state index contributed by atoms with van der Waals surface area (Å²) < 4.78 is 45.7. The third-order valence-electron chi connectivity index (χ3n) is 4.79. The Hall–Kier alpha value is -2.38. The first-order chi connectivity index (χ1) is 12.5. The number of carbonyl (C=O) groups is 1. The minimum absolute atomic E-state index is 0.0712. The van der Waals surface area contributed by atoms with Crippen molar-refractivity contribution in [2.75, 3.05) is 19.7 Å². The highest BCUT2D eigenvalue weighted by Gasteiger charge is 2.25. The maximum atomic E-state index is 13.4. The Bertz CT molecular complexity index is 849. The number of carbonyl (C=O) groups excluding carboxylic acids is 1. The van der Waals surface area contributed by atoms with Gasteiger partial charge in [-0.1, -0.05) is 12.1 Å². The van der Waals surface area contributed by atoms with Crippen molar-refractivity contribution in [3.8, 4) is 0 Å². The van der Waals surface area contributed by atoms with E-state index in [1.165, 1.54) is 0 Å². The van der Waals surface area contributed by atoms with Crippen LogP contribution < -0.4 is 5.32 Å². The van der Waals surface area contributed by atoms with Gasteiger partial charge in [0.1, 0.15) is 0 Å². The van der Waals surface area contributed by atoms with Crippen LogP contribution in [0.3, 0.4) is 0 Å². The second-order valence-electron chi connectivity index (χ2n) is 6.57. The van der Waals surface area contributed by atoms with Crippen molar-refractivity contribution in [3.05, 3.63) is 70.0 Å². The number of hydrogen-bond acceptors (Lipinski definition) is 3. The summed E-state index contributed by atoms with van der Waals surface area (Å²) in [5, 5.41) is 2.78. The molecule has 0 saturated carbocycles. The third kappa shape index (κ3) is 3.20. The topological polar surface area (TPSA) is 41.6 Å². The largest absolute Gasteiger partial charge is 0.371 e. The number of nitrogens with one attached hydrogen (secondary N) is 1. The molecular weight excluding hydrogens is 345 g/mol. The smallest absolute Gasteiger partial charge is 0.251 e. The molecule has 2 heterocycles. The molecule has 7 heteroatoms. The third-order valence-corrected chi connectivity index (χ3v) is 4.79. The standard InChI is InChI=1S/C19H17F3N2O2/c20-15-5-11(6-16(21)18(15)22)9-24-3-4-26-17(10-24)12-1-2-14-13(7-12)8-23-19(14)25/h1-2,5-7,17H,3-4,8-10H2,(H,23,25). The van der Waals surface area contributed by atoms with Gasteiger partial charge in [-0.3, -0.25) is 9.69 Å². The zero-order chi connectivity index (χ0) is 18.3. The summed E-state index contributed by atoms with van der Waals surface area (Å²) in [5.74, 6) is -3.88. The zero-order valence-electron chi connectivity index (χ0n) is 13.9. The van der Waals surface area contributed by atoms with Crippen molar-refractivity contribution in [2.45, 2.75) is 19.2 Å². The van der Waals surface area contributed by atoms with Gasteiger partial charge < -0.3 is 10.1 Å². The van der Waals surface area contributed by atoms with E-state index in [-0.39, 0.29) is 12.0 Å². The molecule has 1 fully saturated rings. The van der Waals surface area contributed by atoms with E-state index < -0.39 is 17.5 Å². The van der Waals surface area contributed by atoms with E-state index in [9.17, 15) is 18.0 Å². The van der Waals surface area contributed by atoms with E-state index >= 15 is 0 Å². The highest BCUT2D eigenvalue weighted by molar-refractivity contribution is 5.98. The van der Waals surface area contributed by atoms with E-state index in [1.54, 1.807) is 6.07 Å². The first kappa shape index (κ1) is 17.1. The number of nitrogens with zero attached hydrogens (tertiary/aromatic N) is 1. The molecule has 1 atom stereocenters. The molecule has 136 valence electrons. The molecule has 1 N–H and O–H groups in total. The summed E-state index contributed by atoms with van der Waals surface area (Å²) in [6.45, 7) is 2.44. The number of amides is 1. The maximum absolute atomic E-state index is 13.4. The van der Waals surface area contributed by atoms with Crippen LogP contribution >= 0.6 is 0 Å². The molecule has 4 nitrogen and oxygen atoms in total. The molecule has 2 aromatic rings. The summed E-state index contributed by atoms with van der Waals surface area (Å²) >= 11 is 0. The van der Waals surface area contributed by atoms with Crippen molar-refractivity contribution < 1.29 is 22.7 Å². The van der Waals surface area contributed by atoms with Crippen LogP contribution in [0.4, 0.5) is 13.2 Å². The number of benzene rings is 2. The van der Waals surface area contributed by atoms with E-state index in [2.05, 4.69) is 5.32 Å². The van der Waals surface area contributed by atoms with E-state index in [1.807, 2.05) is 17.0 Å². The molecule has 0 aromatic heterocycles. The van der Waals surface area contributed by atoms with E-state index in [0.717, 1.165) is 23.3 Å². The highest BCUT2D eigenvalue weighted by atomic mass is 19.2. The van der Waals surface area contributed by atoms with Gasteiger partial charge >= 0.3 is 0 Å². The fourth-order valence-corrected chi connectivity index (χ4v) is 3.46.